The molecule has 1 fully saturated rings. The number of rotatable bonds is 5. The number of halogens is 4. The highest BCUT2D eigenvalue weighted by atomic mass is 19.4. The molecule has 196 valence electrons. The number of piperazine rings is 1. The summed E-state index contributed by atoms with van der Waals surface area (Å²) in [7, 11) is 0. The molecule has 13 heteroatoms. The molecular weight excluding hydrogens is 508 g/mol. The molecule has 0 bridgehead atoms. The van der Waals surface area contributed by atoms with E-state index < -0.39 is 23.6 Å². The lowest BCUT2D eigenvalue weighted by Gasteiger charge is -2.25. The fourth-order valence-corrected chi connectivity index (χ4v) is 4.06. The van der Waals surface area contributed by atoms with E-state index >= 15 is 0 Å². The van der Waals surface area contributed by atoms with E-state index in [0.29, 0.717) is 60.0 Å². The first kappa shape index (κ1) is 25.1. The average molecular weight is 528 g/mol. The van der Waals surface area contributed by atoms with E-state index in [0.717, 1.165) is 6.07 Å². The Kier molecular flexibility index (Phi) is 6.68. The second-order valence-electron chi connectivity index (χ2n) is 8.54. The van der Waals surface area contributed by atoms with Crippen molar-refractivity contribution in [2.24, 2.45) is 0 Å². The number of benzene rings is 2. The van der Waals surface area contributed by atoms with Gasteiger partial charge in [-0.2, -0.15) is 13.2 Å². The van der Waals surface area contributed by atoms with Crippen LogP contribution < -0.4 is 15.4 Å². The van der Waals surface area contributed by atoms with Crippen LogP contribution in [0.1, 0.15) is 11.3 Å². The highest BCUT2D eigenvalue weighted by molar-refractivity contribution is 5.98. The van der Waals surface area contributed by atoms with Crippen LogP contribution in [0.4, 0.5) is 28.0 Å². The van der Waals surface area contributed by atoms with Gasteiger partial charge in [-0.1, -0.05) is 0 Å². The Morgan fingerprint density at radius 3 is 2.74 bits per heavy atom. The van der Waals surface area contributed by atoms with Crippen LogP contribution in [0.25, 0.3) is 10.9 Å². The number of fused-ring (bicyclic) bond motifs is 1. The van der Waals surface area contributed by atoms with E-state index in [9.17, 15) is 27.2 Å². The largest absolute Gasteiger partial charge is 0.439 e. The minimum absolute atomic E-state index is 0.0422. The van der Waals surface area contributed by atoms with Crippen LogP contribution in [-0.4, -0.2) is 51.0 Å². The Hall–Kier alpha value is -4.52. The lowest BCUT2D eigenvalue weighted by molar-refractivity contribution is -0.140. The molecule has 2 aromatic carbocycles. The van der Waals surface area contributed by atoms with Gasteiger partial charge in [0, 0.05) is 43.0 Å². The SMILES string of the molecule is O=C1CN(Cc2cc(Oc3ccc4c(ccn4C(=O)Nc4ccc(F)c(C(F)(F)F)c4)c3)ncn2)CCN1. The molecular formula is C25H20F4N6O3. The number of aromatic nitrogens is 3. The number of alkyl halides is 3. The molecule has 2 amide bonds. The van der Waals surface area contributed by atoms with Gasteiger partial charge in [0.25, 0.3) is 0 Å². The van der Waals surface area contributed by atoms with Crippen LogP contribution in [0, 0.1) is 5.82 Å². The third kappa shape index (κ3) is 5.57. The summed E-state index contributed by atoms with van der Waals surface area (Å²) in [6.45, 7) is 2.02. The fourth-order valence-electron chi connectivity index (χ4n) is 4.06. The zero-order chi connectivity index (χ0) is 26.9. The topological polar surface area (TPSA) is 101 Å². The number of carbonyl (C=O) groups excluding carboxylic acids is 2. The number of nitrogens with zero attached hydrogens (tertiary/aromatic N) is 4. The van der Waals surface area contributed by atoms with Crippen molar-refractivity contribution >= 4 is 28.5 Å². The van der Waals surface area contributed by atoms with Crippen LogP contribution in [0.5, 0.6) is 11.6 Å². The minimum Gasteiger partial charge on any atom is -0.439 e. The van der Waals surface area contributed by atoms with E-state index in [-0.39, 0.29) is 18.1 Å². The minimum atomic E-state index is -4.89. The number of nitrogens with one attached hydrogen (secondary N) is 2. The molecule has 9 nitrogen and oxygen atoms in total. The number of hydrogen-bond acceptors (Lipinski definition) is 6. The highest BCUT2D eigenvalue weighted by Crippen LogP contribution is 2.33. The monoisotopic (exact) mass is 528 g/mol. The average Bonchev–Trinajstić information content (AvgIpc) is 3.28. The summed E-state index contributed by atoms with van der Waals surface area (Å²) in [5.74, 6) is -0.737. The van der Waals surface area contributed by atoms with Crippen LogP contribution in [0.15, 0.2) is 61.1 Å². The molecule has 2 aromatic heterocycles. The number of carbonyl (C=O) groups is 2. The second-order valence-corrected chi connectivity index (χ2v) is 8.54. The van der Waals surface area contributed by atoms with E-state index in [2.05, 4.69) is 20.6 Å². The predicted octanol–water partition coefficient (Wildman–Crippen LogP) is 4.39. The maximum atomic E-state index is 13.5. The molecule has 0 saturated carbocycles. The third-order valence-electron chi connectivity index (χ3n) is 5.83. The molecule has 5 rings (SSSR count). The smallest absolute Gasteiger partial charge is 0.419 e. The first-order chi connectivity index (χ1) is 18.2. The Bertz CT molecular complexity index is 1520. The Morgan fingerprint density at radius 1 is 1.11 bits per heavy atom. The standard InChI is InChI=1S/C25H20F4N6O3/c26-20-3-1-16(10-19(20)25(27,28)29)33-24(37)35-7-5-15-9-18(2-4-21(15)35)38-23-11-17(31-14-32-23)12-34-8-6-30-22(36)13-34/h1-5,7,9-11,14H,6,8,12-13H2,(H,30,36)(H,33,37). The summed E-state index contributed by atoms with van der Waals surface area (Å²) >= 11 is 0. The zero-order valence-electron chi connectivity index (χ0n) is 19.6. The van der Waals surface area contributed by atoms with E-state index in [1.807, 2.05) is 4.90 Å². The summed E-state index contributed by atoms with van der Waals surface area (Å²) in [5, 5.41) is 5.75. The third-order valence-corrected chi connectivity index (χ3v) is 5.83. The first-order valence-corrected chi connectivity index (χ1v) is 11.4. The maximum absolute atomic E-state index is 13.5. The van der Waals surface area contributed by atoms with Gasteiger partial charge >= 0.3 is 12.2 Å². The zero-order valence-corrected chi connectivity index (χ0v) is 19.6. The molecule has 0 unspecified atom stereocenters. The lowest BCUT2D eigenvalue weighted by Crippen LogP contribution is -2.47. The molecule has 4 aromatic rings. The van der Waals surface area contributed by atoms with Crippen LogP contribution >= 0.6 is 0 Å². The highest BCUT2D eigenvalue weighted by Gasteiger charge is 2.34. The maximum Gasteiger partial charge on any atom is 0.419 e. The van der Waals surface area contributed by atoms with E-state index in [4.69, 9.17) is 4.74 Å². The molecule has 1 saturated heterocycles. The van der Waals surface area contributed by atoms with Crippen molar-refractivity contribution in [3.63, 3.8) is 0 Å². The Balaban J connectivity index is 1.29. The first-order valence-electron chi connectivity index (χ1n) is 11.4. The van der Waals surface area contributed by atoms with Gasteiger partial charge in [-0.05, 0) is 42.5 Å². The number of hydrogen-bond donors (Lipinski definition) is 2. The van der Waals surface area contributed by atoms with Crippen molar-refractivity contribution in [1.29, 1.82) is 0 Å². The molecule has 0 atom stereocenters. The molecule has 0 aliphatic carbocycles. The van der Waals surface area contributed by atoms with Gasteiger partial charge in [0.2, 0.25) is 11.8 Å². The summed E-state index contributed by atoms with van der Waals surface area (Å²) in [4.78, 5) is 34.6. The van der Waals surface area contributed by atoms with E-state index in [1.54, 1.807) is 30.3 Å². The molecule has 2 N–H and O–H groups in total. The number of anilines is 1. The van der Waals surface area contributed by atoms with Crippen LogP contribution in [0.2, 0.25) is 0 Å². The summed E-state index contributed by atoms with van der Waals surface area (Å²) in [6.07, 6.45) is -2.07. The quantitative estimate of drug-likeness (QED) is 0.373. The van der Waals surface area contributed by atoms with Crippen molar-refractivity contribution in [1.82, 2.24) is 24.8 Å². The molecule has 1 aliphatic heterocycles. The number of amides is 2. The van der Waals surface area contributed by atoms with Gasteiger partial charge in [0.1, 0.15) is 17.9 Å². The van der Waals surface area contributed by atoms with Crippen molar-refractivity contribution in [3.05, 3.63) is 78.1 Å². The fraction of sp³-hybridized carbons (Fsp3) is 0.200. The van der Waals surface area contributed by atoms with Crippen molar-refractivity contribution in [2.45, 2.75) is 12.7 Å². The van der Waals surface area contributed by atoms with Crippen molar-refractivity contribution in [2.75, 3.05) is 25.0 Å². The van der Waals surface area contributed by atoms with Crippen LogP contribution in [-0.2, 0) is 17.5 Å². The Morgan fingerprint density at radius 2 is 1.95 bits per heavy atom. The second kappa shape index (κ2) is 10.1. The molecule has 38 heavy (non-hydrogen) atoms. The molecule has 3 heterocycles. The van der Waals surface area contributed by atoms with Gasteiger partial charge in [-0.25, -0.2) is 19.2 Å². The van der Waals surface area contributed by atoms with Crippen molar-refractivity contribution < 1.29 is 31.9 Å². The predicted molar refractivity (Wildman–Crippen MR) is 128 cm³/mol. The molecule has 0 radical (unpaired) electrons. The van der Waals surface area contributed by atoms with E-state index in [1.165, 1.54) is 17.1 Å². The van der Waals surface area contributed by atoms with Gasteiger partial charge < -0.3 is 15.4 Å². The van der Waals surface area contributed by atoms with Crippen molar-refractivity contribution in [3.8, 4) is 11.6 Å². The van der Waals surface area contributed by atoms with Gasteiger partial charge in [0.15, 0.2) is 0 Å². The normalized spacial score (nSPS) is 14.4. The Labute approximate surface area is 213 Å². The molecule has 0 spiro atoms. The van der Waals surface area contributed by atoms with Gasteiger partial charge in [0.05, 0.1) is 23.3 Å². The molecule has 1 aliphatic rings. The summed E-state index contributed by atoms with van der Waals surface area (Å²) in [5.41, 5.74) is -0.512. The van der Waals surface area contributed by atoms with Gasteiger partial charge in [-0.15, -0.1) is 0 Å². The lowest BCUT2D eigenvalue weighted by atomic mass is 10.2. The summed E-state index contributed by atoms with van der Waals surface area (Å²) in [6, 6.07) is 9.74. The summed E-state index contributed by atoms with van der Waals surface area (Å²) < 4.78 is 59.6. The van der Waals surface area contributed by atoms with Gasteiger partial charge in [-0.3, -0.25) is 14.3 Å². The van der Waals surface area contributed by atoms with Crippen LogP contribution in [0.3, 0.4) is 0 Å². The number of ether oxygens (including phenoxy) is 1.